The smallest absolute Gasteiger partial charge is 0.269 e. The normalized spacial score (nSPS) is 12.2. The lowest BCUT2D eigenvalue weighted by Crippen LogP contribution is -2.31. The number of methoxy groups -OCH3 is 2. The molecule has 0 fully saturated rings. The van der Waals surface area contributed by atoms with Crippen molar-refractivity contribution in [2.75, 3.05) is 23.8 Å². The molecule has 0 saturated carbocycles. The summed E-state index contributed by atoms with van der Waals surface area (Å²) in [6.45, 7) is 1.44. The van der Waals surface area contributed by atoms with Crippen LogP contribution in [-0.4, -0.2) is 27.6 Å². The van der Waals surface area contributed by atoms with E-state index < -0.39 is 32.6 Å². The van der Waals surface area contributed by atoms with Crippen molar-refractivity contribution in [2.24, 2.45) is 0 Å². The van der Waals surface area contributed by atoms with E-state index in [-0.39, 0.29) is 27.9 Å². The number of benzene rings is 3. The van der Waals surface area contributed by atoms with Crippen LogP contribution in [0, 0.1) is 11.6 Å². The monoisotopic (exact) mass is 613 g/mol. The van der Waals surface area contributed by atoms with Crippen LogP contribution < -0.4 is 19.1 Å². The lowest BCUT2D eigenvalue weighted by atomic mass is 10.1. The second-order valence-corrected chi connectivity index (χ2v) is 11.8. The Morgan fingerprint density at radius 3 is 2.49 bits per heavy atom. The van der Waals surface area contributed by atoms with E-state index in [1.54, 1.807) is 30.5 Å². The molecule has 1 unspecified atom stereocenters. The zero-order chi connectivity index (χ0) is 28.3. The van der Waals surface area contributed by atoms with E-state index >= 15 is 4.39 Å². The summed E-state index contributed by atoms with van der Waals surface area (Å²) in [6, 6.07) is 10.3. The Morgan fingerprint density at radius 1 is 1.05 bits per heavy atom. The van der Waals surface area contributed by atoms with Crippen molar-refractivity contribution in [2.45, 2.75) is 24.4 Å². The molecule has 0 saturated heterocycles. The average Bonchev–Trinajstić information content (AvgIpc) is 3.44. The third-order valence-electron chi connectivity index (χ3n) is 5.83. The molecule has 0 radical (unpaired) electrons. The molecule has 0 spiro atoms. The summed E-state index contributed by atoms with van der Waals surface area (Å²) in [5.74, 6) is -0.661. The molecule has 1 heterocycles. The Hall–Kier alpha value is -3.12. The highest BCUT2D eigenvalue weighted by Crippen LogP contribution is 2.36. The van der Waals surface area contributed by atoms with E-state index in [9.17, 15) is 12.8 Å². The van der Waals surface area contributed by atoms with Gasteiger partial charge in [-0.25, -0.2) is 26.5 Å². The first kappa shape index (κ1) is 28.9. The number of ether oxygens (including phenoxy) is 2. The minimum Gasteiger partial charge on any atom is -0.497 e. The summed E-state index contributed by atoms with van der Waals surface area (Å²) in [7, 11) is -1.55. The van der Waals surface area contributed by atoms with Gasteiger partial charge in [-0.15, -0.1) is 11.3 Å². The summed E-state index contributed by atoms with van der Waals surface area (Å²) in [6.07, 6.45) is 1.44. The Labute approximate surface area is 239 Å². The molecule has 7 nitrogen and oxygen atoms in total. The van der Waals surface area contributed by atoms with Gasteiger partial charge in [0.1, 0.15) is 28.0 Å². The molecule has 4 aromatic rings. The average molecular weight is 615 g/mol. The van der Waals surface area contributed by atoms with Crippen LogP contribution in [0.3, 0.4) is 0 Å². The molecule has 0 aliphatic rings. The van der Waals surface area contributed by atoms with Gasteiger partial charge in [0.2, 0.25) is 0 Å². The number of sulfonamides is 1. The fourth-order valence-electron chi connectivity index (χ4n) is 3.84. The van der Waals surface area contributed by atoms with Gasteiger partial charge in [0, 0.05) is 33.8 Å². The Bertz CT molecular complexity index is 1590. The lowest BCUT2D eigenvalue weighted by Gasteiger charge is -2.24. The summed E-state index contributed by atoms with van der Waals surface area (Å²) < 4.78 is 69.0. The summed E-state index contributed by atoms with van der Waals surface area (Å²) in [5.41, 5.74) is 0.816. The largest absolute Gasteiger partial charge is 0.497 e. The number of halogens is 4. The number of nitrogens with zero attached hydrogens (tertiary/aromatic N) is 2. The Balaban J connectivity index is 1.70. The molecule has 1 atom stereocenters. The van der Waals surface area contributed by atoms with Gasteiger partial charge in [-0.3, -0.25) is 0 Å². The van der Waals surface area contributed by atoms with E-state index in [0.717, 1.165) is 27.8 Å². The fourth-order valence-corrected chi connectivity index (χ4v) is 6.65. The summed E-state index contributed by atoms with van der Waals surface area (Å²) in [5, 5.41) is 4.90. The van der Waals surface area contributed by atoms with Gasteiger partial charge >= 0.3 is 0 Å². The van der Waals surface area contributed by atoms with Gasteiger partial charge in [0.05, 0.1) is 37.5 Å². The first-order chi connectivity index (χ1) is 18.5. The second kappa shape index (κ2) is 12.0. The van der Waals surface area contributed by atoms with E-state index in [1.807, 2.05) is 0 Å². The highest BCUT2D eigenvalue weighted by Gasteiger charge is 2.32. The van der Waals surface area contributed by atoms with Crippen LogP contribution in [0.4, 0.5) is 19.6 Å². The first-order valence-electron chi connectivity index (χ1n) is 11.4. The number of thiazole rings is 1. The van der Waals surface area contributed by atoms with E-state index in [0.29, 0.717) is 22.1 Å². The van der Waals surface area contributed by atoms with Gasteiger partial charge in [-0.1, -0.05) is 23.2 Å². The van der Waals surface area contributed by atoms with Gasteiger partial charge in [0.25, 0.3) is 10.0 Å². The quantitative estimate of drug-likeness (QED) is 0.202. The number of hydrogen-bond acceptors (Lipinski definition) is 7. The molecule has 0 aliphatic heterocycles. The topological polar surface area (TPSA) is 80.8 Å². The minimum atomic E-state index is -4.50. The molecular formula is C26H23Cl2F2N3O4S2. The van der Waals surface area contributed by atoms with E-state index in [1.165, 1.54) is 38.6 Å². The van der Waals surface area contributed by atoms with Crippen molar-refractivity contribution in [3.63, 3.8) is 0 Å². The first-order valence-corrected chi connectivity index (χ1v) is 14.5. The minimum absolute atomic E-state index is 0.0784. The maximum Gasteiger partial charge on any atom is 0.269 e. The van der Waals surface area contributed by atoms with Crippen LogP contribution in [0.1, 0.15) is 24.1 Å². The highest BCUT2D eigenvalue weighted by molar-refractivity contribution is 7.93. The molecule has 1 N–H and O–H groups in total. The fraction of sp³-hybridized carbons (Fsp3) is 0.192. The molecule has 39 heavy (non-hydrogen) atoms. The van der Waals surface area contributed by atoms with Gasteiger partial charge in [0.15, 0.2) is 5.13 Å². The number of rotatable bonds is 10. The van der Waals surface area contributed by atoms with Crippen molar-refractivity contribution in [1.82, 2.24) is 4.98 Å². The molecule has 206 valence electrons. The van der Waals surface area contributed by atoms with E-state index in [2.05, 4.69) is 10.3 Å². The number of nitrogens with one attached hydrogen (secondary N) is 1. The van der Waals surface area contributed by atoms with Crippen molar-refractivity contribution >= 4 is 55.4 Å². The molecule has 0 amide bonds. The van der Waals surface area contributed by atoms with Gasteiger partial charge < -0.3 is 14.8 Å². The maximum atomic E-state index is 15.4. The number of anilines is 2. The third kappa shape index (κ3) is 6.22. The molecule has 1 aromatic heterocycles. The zero-order valence-corrected chi connectivity index (χ0v) is 24.1. The molecular weight excluding hydrogens is 591 g/mol. The zero-order valence-electron chi connectivity index (χ0n) is 20.9. The van der Waals surface area contributed by atoms with Crippen molar-refractivity contribution < 1.29 is 26.7 Å². The maximum absolute atomic E-state index is 15.4. The van der Waals surface area contributed by atoms with Gasteiger partial charge in [-0.2, -0.15) is 0 Å². The lowest BCUT2D eigenvalue weighted by molar-refractivity contribution is 0.391. The molecule has 4 rings (SSSR count). The standard InChI is InChI=1S/C26H23Cl2F2N3O4S2/c1-15(19-10-17(27)5-7-21(19)29)32-23-13-22(30)25(12-20(23)28)39(34,35)33(26-31-8-9-38-26)14-16-4-6-18(36-2)11-24(16)37-3/h4-13,15,32H,14H2,1-3H3. The summed E-state index contributed by atoms with van der Waals surface area (Å²) >= 11 is 13.5. The molecule has 0 bridgehead atoms. The number of hydrogen-bond donors (Lipinski definition) is 1. The summed E-state index contributed by atoms with van der Waals surface area (Å²) in [4.78, 5) is 3.49. The predicted molar refractivity (Wildman–Crippen MR) is 150 cm³/mol. The number of aromatic nitrogens is 1. The van der Waals surface area contributed by atoms with Crippen LogP contribution in [0.15, 0.2) is 65.0 Å². The van der Waals surface area contributed by atoms with Gasteiger partial charge in [-0.05, 0) is 49.4 Å². The SMILES string of the molecule is COc1ccc(CN(c2nccs2)S(=O)(=O)c2cc(Cl)c(NC(C)c3cc(Cl)ccc3F)cc2F)c(OC)c1. The Morgan fingerprint density at radius 2 is 1.82 bits per heavy atom. The second-order valence-electron chi connectivity index (χ2n) is 8.30. The van der Waals surface area contributed by atoms with Crippen LogP contribution in [0.25, 0.3) is 0 Å². The van der Waals surface area contributed by atoms with Crippen LogP contribution in [-0.2, 0) is 16.6 Å². The van der Waals surface area contributed by atoms with Crippen LogP contribution in [0.5, 0.6) is 11.5 Å². The molecule has 13 heteroatoms. The molecule has 3 aromatic carbocycles. The highest BCUT2D eigenvalue weighted by atomic mass is 35.5. The molecule has 0 aliphatic carbocycles. The Kier molecular flexibility index (Phi) is 8.85. The van der Waals surface area contributed by atoms with Crippen LogP contribution in [0.2, 0.25) is 10.0 Å². The van der Waals surface area contributed by atoms with Crippen molar-refractivity contribution in [3.8, 4) is 11.5 Å². The third-order valence-corrected chi connectivity index (χ3v) is 9.04. The van der Waals surface area contributed by atoms with Crippen molar-refractivity contribution in [3.05, 3.63) is 92.9 Å². The predicted octanol–water partition coefficient (Wildman–Crippen LogP) is 7.31. The van der Waals surface area contributed by atoms with E-state index in [4.69, 9.17) is 32.7 Å². The van der Waals surface area contributed by atoms with Crippen LogP contribution >= 0.6 is 34.5 Å². The van der Waals surface area contributed by atoms with Crippen molar-refractivity contribution in [1.29, 1.82) is 0 Å².